The minimum Gasteiger partial charge on any atom is -0.481 e. The molecular weight excluding hydrogens is 578 g/mol. The molecule has 0 aliphatic heterocycles. The molecule has 39 heavy (non-hydrogen) atoms. The molecule has 0 radical (unpaired) electrons. The van der Waals surface area contributed by atoms with Crippen LogP contribution in [0.2, 0.25) is 10.0 Å². The van der Waals surface area contributed by atoms with Crippen molar-refractivity contribution in [1.82, 2.24) is 15.1 Å². The van der Waals surface area contributed by atoms with E-state index in [1.54, 1.807) is 35.0 Å². The number of aromatic nitrogens is 2. The lowest BCUT2D eigenvalue weighted by Crippen LogP contribution is -2.23. The van der Waals surface area contributed by atoms with Gasteiger partial charge in [0.15, 0.2) is 0 Å². The minimum atomic E-state index is -4.80. The number of carbonyl (C=O) groups is 1. The number of thiophene rings is 1. The lowest BCUT2D eigenvalue weighted by molar-refractivity contribution is -0.274. The highest BCUT2D eigenvalue weighted by Crippen LogP contribution is 2.36. The van der Waals surface area contributed by atoms with Crippen LogP contribution in [0.3, 0.4) is 0 Å². The quantitative estimate of drug-likeness (QED) is 0.167. The zero-order chi connectivity index (χ0) is 28.3. The average Bonchev–Trinajstić information content (AvgIpc) is 3.51. The van der Waals surface area contributed by atoms with Crippen molar-refractivity contribution in [1.29, 1.82) is 0 Å². The Balaban J connectivity index is 1.69. The second kappa shape index (κ2) is 12.0. The van der Waals surface area contributed by atoms with E-state index in [2.05, 4.69) is 10.1 Å². The van der Waals surface area contributed by atoms with E-state index in [0.717, 1.165) is 4.88 Å². The van der Waals surface area contributed by atoms with Gasteiger partial charge in [-0.2, -0.15) is 5.10 Å². The Bertz CT molecular complexity index is 1440. The molecule has 4 aromatic rings. The summed E-state index contributed by atoms with van der Waals surface area (Å²) in [5, 5.41) is 27.6. The van der Waals surface area contributed by atoms with Crippen molar-refractivity contribution in [2.45, 2.75) is 32.0 Å². The van der Waals surface area contributed by atoms with Gasteiger partial charge in [0.05, 0.1) is 23.9 Å². The first-order valence-electron chi connectivity index (χ1n) is 11.5. The summed E-state index contributed by atoms with van der Waals surface area (Å²) in [5.41, 5.74) is 2.41. The zero-order valence-electron chi connectivity index (χ0n) is 20.2. The summed E-state index contributed by atoms with van der Waals surface area (Å²) in [6.07, 6.45) is -5.98. The highest BCUT2D eigenvalue weighted by atomic mass is 35.5. The van der Waals surface area contributed by atoms with Crippen molar-refractivity contribution in [3.8, 4) is 28.3 Å². The summed E-state index contributed by atoms with van der Waals surface area (Å²) < 4.78 is 43.6. The Morgan fingerprint density at radius 2 is 1.69 bits per heavy atom. The van der Waals surface area contributed by atoms with E-state index in [0.29, 0.717) is 37.4 Å². The number of halogens is 5. The van der Waals surface area contributed by atoms with Crippen LogP contribution in [0.5, 0.6) is 5.75 Å². The topological polar surface area (TPSA) is 96.6 Å². The summed E-state index contributed by atoms with van der Waals surface area (Å²) in [7, 11) is 0. The predicted octanol–water partition coefficient (Wildman–Crippen LogP) is 7.15. The van der Waals surface area contributed by atoms with Gasteiger partial charge in [-0.15, -0.1) is 24.5 Å². The van der Waals surface area contributed by atoms with Gasteiger partial charge in [0, 0.05) is 37.5 Å². The van der Waals surface area contributed by atoms with Gasteiger partial charge >= 0.3 is 12.3 Å². The molecule has 13 heteroatoms. The van der Waals surface area contributed by atoms with Crippen LogP contribution in [-0.4, -0.2) is 38.9 Å². The largest absolute Gasteiger partial charge is 0.573 e. The summed E-state index contributed by atoms with van der Waals surface area (Å²) in [6, 6.07) is 15.5. The number of carboxylic acid groups (broad SMARTS) is 1. The Kier molecular flexibility index (Phi) is 8.87. The fraction of sp³-hybridized carbons (Fsp3) is 0.231. The van der Waals surface area contributed by atoms with Gasteiger partial charge in [-0.1, -0.05) is 23.2 Å². The molecule has 3 N–H and O–H groups in total. The molecule has 0 saturated carbocycles. The van der Waals surface area contributed by atoms with Crippen molar-refractivity contribution in [2.75, 3.05) is 6.54 Å². The van der Waals surface area contributed by atoms with Crippen molar-refractivity contribution < 1.29 is 32.9 Å². The van der Waals surface area contributed by atoms with Crippen molar-refractivity contribution in [3.05, 3.63) is 80.5 Å². The number of alkyl halides is 3. The number of aliphatic carboxylic acids is 1. The second-order valence-corrected chi connectivity index (χ2v) is 10.5. The molecule has 2 aromatic carbocycles. The minimum absolute atomic E-state index is 0.0994. The molecule has 0 aliphatic rings. The number of aliphatic hydroxyl groups is 1. The SMILES string of the molecule is CC(c1ccc(C(O)NCCC(=O)O)s1)n1nc(-c2cc(Cl)cc(Cl)c2)cc1-c1ccc(OC(F)(F)F)cc1. The highest BCUT2D eigenvalue weighted by molar-refractivity contribution is 7.12. The number of nitrogens with zero attached hydrogens (tertiary/aromatic N) is 2. The molecule has 7 nitrogen and oxygen atoms in total. The number of rotatable bonds is 10. The molecule has 2 unspecified atom stereocenters. The number of benzene rings is 2. The molecule has 0 fully saturated rings. The molecule has 0 amide bonds. The van der Waals surface area contributed by atoms with Crippen LogP contribution in [0.15, 0.2) is 60.7 Å². The molecule has 2 atom stereocenters. The number of carboxylic acids is 1. The van der Waals surface area contributed by atoms with Crippen LogP contribution in [0.4, 0.5) is 13.2 Å². The fourth-order valence-electron chi connectivity index (χ4n) is 3.85. The van der Waals surface area contributed by atoms with Gasteiger partial charge < -0.3 is 14.9 Å². The summed E-state index contributed by atoms with van der Waals surface area (Å²) in [6.45, 7) is 1.99. The Labute approximate surface area is 235 Å². The van der Waals surface area contributed by atoms with Crippen LogP contribution in [0.1, 0.15) is 35.4 Å². The van der Waals surface area contributed by atoms with Crippen LogP contribution in [0, 0.1) is 0 Å². The van der Waals surface area contributed by atoms with Crippen molar-refractivity contribution >= 4 is 40.5 Å². The first kappa shape index (κ1) is 28.9. The third-order valence-electron chi connectivity index (χ3n) is 5.65. The van der Waals surface area contributed by atoms with Crippen LogP contribution in [0.25, 0.3) is 22.5 Å². The number of nitrogens with one attached hydrogen (secondary N) is 1. The van der Waals surface area contributed by atoms with E-state index in [1.165, 1.54) is 35.6 Å². The van der Waals surface area contributed by atoms with Gasteiger partial charge in [0.25, 0.3) is 0 Å². The Morgan fingerprint density at radius 1 is 1.05 bits per heavy atom. The van der Waals surface area contributed by atoms with Gasteiger partial charge in [-0.05, 0) is 67.6 Å². The molecule has 0 saturated heterocycles. The number of hydrogen-bond donors (Lipinski definition) is 3. The summed E-state index contributed by atoms with van der Waals surface area (Å²) in [5.74, 6) is -1.32. The monoisotopic (exact) mass is 599 g/mol. The van der Waals surface area contributed by atoms with E-state index >= 15 is 0 Å². The fourth-order valence-corrected chi connectivity index (χ4v) is 5.39. The van der Waals surface area contributed by atoms with E-state index < -0.39 is 18.6 Å². The molecular formula is C26H22Cl2F3N3O4S. The van der Waals surface area contributed by atoms with Crippen LogP contribution < -0.4 is 10.1 Å². The van der Waals surface area contributed by atoms with Crippen molar-refractivity contribution in [3.63, 3.8) is 0 Å². The third-order valence-corrected chi connectivity index (χ3v) is 7.39. The molecule has 0 bridgehead atoms. The zero-order valence-corrected chi connectivity index (χ0v) is 22.6. The van der Waals surface area contributed by atoms with Gasteiger partial charge in [0.2, 0.25) is 0 Å². The predicted molar refractivity (Wildman–Crippen MR) is 143 cm³/mol. The van der Waals surface area contributed by atoms with E-state index in [1.807, 2.05) is 13.0 Å². The van der Waals surface area contributed by atoms with Crippen LogP contribution in [-0.2, 0) is 4.79 Å². The van der Waals surface area contributed by atoms with E-state index in [4.69, 9.17) is 33.4 Å². The maximum Gasteiger partial charge on any atom is 0.573 e. The maximum atomic E-state index is 12.6. The first-order valence-corrected chi connectivity index (χ1v) is 13.1. The summed E-state index contributed by atoms with van der Waals surface area (Å²) >= 11 is 13.7. The second-order valence-electron chi connectivity index (χ2n) is 8.51. The maximum absolute atomic E-state index is 12.6. The number of ether oxygens (including phenoxy) is 1. The first-order chi connectivity index (χ1) is 18.4. The highest BCUT2D eigenvalue weighted by Gasteiger charge is 2.31. The van der Waals surface area contributed by atoms with Gasteiger partial charge in [-0.3, -0.25) is 14.8 Å². The Hall–Kier alpha value is -3.09. The molecule has 0 aliphatic carbocycles. The van der Waals surface area contributed by atoms with Gasteiger partial charge in [0.1, 0.15) is 12.0 Å². The molecule has 206 valence electrons. The molecule has 2 aromatic heterocycles. The smallest absolute Gasteiger partial charge is 0.481 e. The third kappa shape index (κ3) is 7.52. The van der Waals surface area contributed by atoms with Gasteiger partial charge in [-0.25, -0.2) is 0 Å². The normalized spacial score (nSPS) is 13.3. The molecule has 0 spiro atoms. The standard InChI is InChI=1S/C26H22Cl2F3N3O4S/c1-14(22-6-7-23(39-22)25(37)32-9-8-24(35)36)34-21(15-2-4-19(5-3-15)38-26(29,30)31)13-20(33-34)16-10-17(27)12-18(28)11-16/h2-7,10-14,25,32,37H,8-9H2,1H3,(H,35,36). The average molecular weight is 600 g/mol. The van der Waals surface area contributed by atoms with E-state index in [9.17, 15) is 23.1 Å². The van der Waals surface area contributed by atoms with Crippen LogP contribution >= 0.6 is 34.5 Å². The van der Waals surface area contributed by atoms with E-state index in [-0.39, 0.29) is 24.8 Å². The lowest BCUT2D eigenvalue weighted by Gasteiger charge is -2.15. The number of aliphatic hydroxyl groups excluding tert-OH is 1. The lowest BCUT2D eigenvalue weighted by atomic mass is 10.1. The molecule has 4 rings (SSSR count). The summed E-state index contributed by atoms with van der Waals surface area (Å²) in [4.78, 5) is 12.2. The Morgan fingerprint density at radius 3 is 2.31 bits per heavy atom. The molecule has 2 heterocycles. The van der Waals surface area contributed by atoms with Crippen molar-refractivity contribution in [2.24, 2.45) is 0 Å². The number of hydrogen-bond acceptors (Lipinski definition) is 6.